The molecule has 0 radical (unpaired) electrons. The smallest absolute Gasteiger partial charge is 0.243 e. The molecule has 3 N–H and O–H groups in total. The van der Waals surface area contributed by atoms with E-state index in [1.54, 1.807) is 28.8 Å². The number of nitrogens with one attached hydrogen (secondary N) is 1. The number of benzene rings is 1. The molecule has 0 unspecified atom stereocenters. The molecule has 2 fully saturated rings. The lowest BCUT2D eigenvalue weighted by atomic mass is 9.76. The van der Waals surface area contributed by atoms with E-state index in [4.69, 9.17) is 10.7 Å². The van der Waals surface area contributed by atoms with E-state index in [9.17, 15) is 8.42 Å². The van der Waals surface area contributed by atoms with E-state index in [2.05, 4.69) is 15.3 Å². The largest absolute Gasteiger partial charge is 0.382 e. The Morgan fingerprint density at radius 2 is 1.87 bits per heavy atom. The Kier molecular flexibility index (Phi) is 4.58. The summed E-state index contributed by atoms with van der Waals surface area (Å²) in [6.45, 7) is 6.73. The summed E-state index contributed by atoms with van der Waals surface area (Å²) in [4.78, 5) is 13.5. The molecule has 3 aromatic rings. The first kappa shape index (κ1) is 20.0. The molecule has 4 heterocycles. The summed E-state index contributed by atoms with van der Waals surface area (Å²) in [6.07, 6.45) is 3.29. The number of aryl methyl sites for hydroxylation is 2. The van der Waals surface area contributed by atoms with Crippen molar-refractivity contribution in [2.24, 2.45) is 5.41 Å². The monoisotopic (exact) mass is 436 g/mol. The molecule has 0 aliphatic carbocycles. The van der Waals surface area contributed by atoms with Crippen LogP contribution in [0.1, 0.15) is 11.3 Å². The fraction of sp³-hybridized carbons (Fsp3) is 0.318. The van der Waals surface area contributed by atoms with Crippen molar-refractivity contribution in [3.8, 4) is 22.5 Å². The van der Waals surface area contributed by atoms with Crippen LogP contribution in [0.3, 0.4) is 0 Å². The first-order valence-corrected chi connectivity index (χ1v) is 11.6. The Hall–Kier alpha value is -2.88. The highest BCUT2D eigenvalue weighted by Crippen LogP contribution is 2.38. The Morgan fingerprint density at radius 3 is 2.55 bits per heavy atom. The van der Waals surface area contributed by atoms with Crippen molar-refractivity contribution < 1.29 is 8.42 Å². The van der Waals surface area contributed by atoms with Gasteiger partial charge in [-0.1, -0.05) is 6.07 Å². The molecule has 0 bridgehead atoms. The number of hydrogen-bond acceptors (Lipinski definition) is 7. The van der Waals surface area contributed by atoms with E-state index in [0.717, 1.165) is 35.5 Å². The number of nitrogens with two attached hydrogens (primary N) is 1. The summed E-state index contributed by atoms with van der Waals surface area (Å²) in [5.74, 6) is 0.316. The summed E-state index contributed by atoms with van der Waals surface area (Å²) >= 11 is 0. The molecule has 1 aromatic carbocycles. The minimum atomic E-state index is -3.55. The van der Waals surface area contributed by atoms with E-state index < -0.39 is 10.0 Å². The molecule has 0 amide bonds. The second kappa shape index (κ2) is 7.08. The highest BCUT2D eigenvalue weighted by atomic mass is 32.2. The quantitative estimate of drug-likeness (QED) is 0.643. The van der Waals surface area contributed by atoms with Crippen molar-refractivity contribution in [1.82, 2.24) is 24.6 Å². The van der Waals surface area contributed by atoms with Crippen molar-refractivity contribution in [1.29, 1.82) is 0 Å². The maximum absolute atomic E-state index is 13.2. The number of rotatable bonds is 4. The molecule has 1 spiro atoms. The predicted octanol–water partition coefficient (Wildman–Crippen LogP) is 2.00. The molecule has 0 atom stereocenters. The second-order valence-corrected chi connectivity index (χ2v) is 10.5. The SMILES string of the molecule is Cc1cc(-c2nc(-c3cc(S(=O)(=O)N4CC5(CNC5)C4)ccc3C)cnc2N)ccn1. The molecule has 2 aromatic heterocycles. The van der Waals surface area contributed by atoms with Crippen molar-refractivity contribution in [3.63, 3.8) is 0 Å². The van der Waals surface area contributed by atoms with Gasteiger partial charge in [0, 0.05) is 54.6 Å². The topological polar surface area (TPSA) is 114 Å². The van der Waals surface area contributed by atoms with Crippen LogP contribution in [0.4, 0.5) is 5.82 Å². The van der Waals surface area contributed by atoms with Crippen LogP contribution < -0.4 is 11.1 Å². The van der Waals surface area contributed by atoms with Crippen molar-refractivity contribution >= 4 is 15.8 Å². The molecule has 9 heteroatoms. The summed E-state index contributed by atoms with van der Waals surface area (Å²) in [5, 5.41) is 3.23. The van der Waals surface area contributed by atoms with Gasteiger partial charge in [0.15, 0.2) is 0 Å². The summed E-state index contributed by atoms with van der Waals surface area (Å²) in [6, 6.07) is 8.90. The van der Waals surface area contributed by atoms with Crippen LogP contribution in [0.15, 0.2) is 47.6 Å². The molecular formula is C22H24N6O2S. The van der Waals surface area contributed by atoms with Crippen molar-refractivity contribution in [2.75, 3.05) is 31.9 Å². The van der Waals surface area contributed by atoms with Gasteiger partial charge in [0.2, 0.25) is 10.0 Å². The molecule has 5 rings (SSSR count). The third-order valence-electron chi connectivity index (χ3n) is 6.12. The first-order chi connectivity index (χ1) is 14.8. The predicted molar refractivity (Wildman–Crippen MR) is 119 cm³/mol. The molecule has 2 aliphatic heterocycles. The number of aromatic nitrogens is 3. The highest BCUT2D eigenvalue weighted by Gasteiger charge is 2.51. The van der Waals surface area contributed by atoms with Gasteiger partial charge in [-0.3, -0.25) is 4.98 Å². The Labute approximate surface area is 181 Å². The van der Waals surface area contributed by atoms with Crippen LogP contribution >= 0.6 is 0 Å². The van der Waals surface area contributed by atoms with Gasteiger partial charge in [0.25, 0.3) is 0 Å². The van der Waals surface area contributed by atoms with E-state index in [1.807, 2.05) is 32.0 Å². The normalized spacial score (nSPS) is 17.9. The highest BCUT2D eigenvalue weighted by molar-refractivity contribution is 7.89. The van der Waals surface area contributed by atoms with Crippen LogP contribution in [0.2, 0.25) is 0 Å². The minimum absolute atomic E-state index is 0.126. The fourth-order valence-electron chi connectivity index (χ4n) is 4.19. The van der Waals surface area contributed by atoms with E-state index >= 15 is 0 Å². The van der Waals surface area contributed by atoms with Gasteiger partial charge in [0.1, 0.15) is 11.5 Å². The minimum Gasteiger partial charge on any atom is -0.382 e. The van der Waals surface area contributed by atoms with Gasteiger partial charge in [0.05, 0.1) is 16.8 Å². The Bertz CT molecular complexity index is 1280. The Balaban J connectivity index is 1.52. The third-order valence-corrected chi connectivity index (χ3v) is 7.90. The van der Waals surface area contributed by atoms with Crippen molar-refractivity contribution in [2.45, 2.75) is 18.7 Å². The zero-order valence-corrected chi connectivity index (χ0v) is 18.3. The molecule has 0 saturated carbocycles. The molecule has 2 saturated heterocycles. The van der Waals surface area contributed by atoms with Gasteiger partial charge < -0.3 is 11.1 Å². The number of nitrogens with zero attached hydrogens (tertiary/aromatic N) is 4. The van der Waals surface area contributed by atoms with Gasteiger partial charge in [-0.25, -0.2) is 18.4 Å². The van der Waals surface area contributed by atoms with Gasteiger partial charge in [-0.2, -0.15) is 4.31 Å². The van der Waals surface area contributed by atoms with E-state index in [1.165, 1.54) is 0 Å². The zero-order valence-electron chi connectivity index (χ0n) is 17.5. The Morgan fingerprint density at radius 1 is 1.10 bits per heavy atom. The molecule has 8 nitrogen and oxygen atoms in total. The van der Waals surface area contributed by atoms with Crippen LogP contribution in [0.25, 0.3) is 22.5 Å². The maximum atomic E-state index is 13.2. The number of hydrogen-bond donors (Lipinski definition) is 2. The standard InChI is InChI=1S/C22H24N6O2S/c1-14-3-4-17(31(29,30)28-12-22(13-28)10-24-11-22)8-18(14)19-9-26-21(23)20(27-19)16-5-6-25-15(2)7-16/h3-9,24H,10-13H2,1-2H3,(H2,23,26). The zero-order chi connectivity index (χ0) is 21.8. The molecule has 2 aliphatic rings. The average molecular weight is 437 g/mol. The lowest BCUT2D eigenvalue weighted by Gasteiger charge is -2.55. The molecule has 160 valence electrons. The first-order valence-electron chi connectivity index (χ1n) is 10.1. The maximum Gasteiger partial charge on any atom is 0.243 e. The van der Waals surface area contributed by atoms with Crippen LogP contribution in [0.5, 0.6) is 0 Å². The third kappa shape index (κ3) is 3.38. The van der Waals surface area contributed by atoms with Crippen LogP contribution in [0, 0.1) is 19.3 Å². The van der Waals surface area contributed by atoms with Crippen molar-refractivity contribution in [3.05, 3.63) is 54.0 Å². The number of nitrogen functional groups attached to an aromatic ring is 1. The lowest BCUT2D eigenvalue weighted by molar-refractivity contribution is 0.0164. The average Bonchev–Trinajstić information content (AvgIpc) is 2.66. The van der Waals surface area contributed by atoms with E-state index in [0.29, 0.717) is 30.3 Å². The summed E-state index contributed by atoms with van der Waals surface area (Å²) < 4.78 is 27.9. The molecular weight excluding hydrogens is 412 g/mol. The van der Waals surface area contributed by atoms with Gasteiger partial charge in [-0.15, -0.1) is 0 Å². The van der Waals surface area contributed by atoms with Crippen LogP contribution in [-0.4, -0.2) is 53.9 Å². The van der Waals surface area contributed by atoms with Gasteiger partial charge >= 0.3 is 0 Å². The molecule has 31 heavy (non-hydrogen) atoms. The van der Waals surface area contributed by atoms with E-state index in [-0.39, 0.29) is 10.3 Å². The second-order valence-electron chi connectivity index (χ2n) is 8.53. The number of anilines is 1. The summed E-state index contributed by atoms with van der Waals surface area (Å²) in [7, 11) is -3.55. The van der Waals surface area contributed by atoms with Gasteiger partial charge in [-0.05, 0) is 43.7 Å². The fourth-order valence-corrected chi connectivity index (χ4v) is 5.89. The number of sulfonamides is 1. The van der Waals surface area contributed by atoms with Crippen LogP contribution in [-0.2, 0) is 10.0 Å². The summed E-state index contributed by atoms with van der Waals surface area (Å²) in [5.41, 5.74) is 10.7. The number of pyridine rings is 1. The lowest BCUT2D eigenvalue weighted by Crippen LogP contribution is -2.71.